The smallest absolute Gasteiger partial charge is 0.0960 e. The monoisotopic (exact) mass is 174 g/mol. The van der Waals surface area contributed by atoms with Crippen LogP contribution >= 0.6 is 0 Å². The molecule has 2 nitrogen and oxygen atoms in total. The summed E-state index contributed by atoms with van der Waals surface area (Å²) in [6.07, 6.45) is 5.98. The summed E-state index contributed by atoms with van der Waals surface area (Å²) in [5.41, 5.74) is 1.01. The average molecular weight is 174 g/mol. The van der Waals surface area contributed by atoms with E-state index in [1.54, 1.807) is 0 Å². The number of allylic oxidation sites excluding steroid dienone is 1. The molecule has 4 atom stereocenters. The number of hydrogen-bond donors (Lipinski definition) is 1. The molecule has 1 saturated heterocycles. The van der Waals surface area contributed by atoms with Crippen molar-refractivity contribution in [3.05, 3.63) is 11.6 Å². The minimum atomic E-state index is 0.413. The molecule has 0 aromatic heterocycles. The van der Waals surface area contributed by atoms with Crippen LogP contribution < -0.4 is 5.32 Å². The molecule has 1 aliphatic heterocycles. The Labute approximate surface area is 78.6 Å². The zero-order valence-corrected chi connectivity index (χ0v) is 7.66. The summed E-state index contributed by atoms with van der Waals surface area (Å²) in [5, 5.41) is 12.5. The SMILES string of the molecule is N#CC1=CCC[C@H]2CC3CNC1C32. The van der Waals surface area contributed by atoms with E-state index in [-0.39, 0.29) is 0 Å². The summed E-state index contributed by atoms with van der Waals surface area (Å²) in [6, 6.07) is 2.77. The van der Waals surface area contributed by atoms with E-state index >= 15 is 0 Å². The van der Waals surface area contributed by atoms with Crippen molar-refractivity contribution in [1.29, 1.82) is 5.26 Å². The van der Waals surface area contributed by atoms with Gasteiger partial charge in [-0.15, -0.1) is 0 Å². The molecule has 13 heavy (non-hydrogen) atoms. The molecule has 0 spiro atoms. The molecule has 2 heteroatoms. The maximum atomic E-state index is 9.01. The Hall–Kier alpha value is -0.810. The van der Waals surface area contributed by atoms with Gasteiger partial charge < -0.3 is 5.32 Å². The molecule has 1 heterocycles. The molecule has 0 bridgehead atoms. The Morgan fingerprint density at radius 2 is 2.38 bits per heavy atom. The van der Waals surface area contributed by atoms with Gasteiger partial charge in [0, 0.05) is 11.6 Å². The van der Waals surface area contributed by atoms with Crippen LogP contribution in [0.5, 0.6) is 0 Å². The van der Waals surface area contributed by atoms with Gasteiger partial charge in [0.1, 0.15) is 0 Å². The van der Waals surface area contributed by atoms with Gasteiger partial charge in [-0.05, 0) is 43.6 Å². The highest BCUT2D eigenvalue weighted by atomic mass is 15.0. The zero-order chi connectivity index (χ0) is 8.84. The number of nitrogens with zero attached hydrogens (tertiary/aromatic N) is 1. The second-order valence-corrected chi connectivity index (χ2v) is 4.57. The van der Waals surface area contributed by atoms with Crippen molar-refractivity contribution in [2.45, 2.75) is 25.3 Å². The van der Waals surface area contributed by atoms with Gasteiger partial charge in [0.2, 0.25) is 0 Å². The van der Waals surface area contributed by atoms with Crippen molar-refractivity contribution in [2.24, 2.45) is 17.8 Å². The third-order valence-corrected chi connectivity index (χ3v) is 4.04. The molecule has 0 aromatic carbocycles. The fourth-order valence-electron chi connectivity index (χ4n) is 3.39. The Morgan fingerprint density at radius 1 is 1.46 bits per heavy atom. The van der Waals surface area contributed by atoms with Crippen molar-refractivity contribution >= 4 is 0 Å². The predicted molar refractivity (Wildman–Crippen MR) is 49.8 cm³/mol. The molecular weight excluding hydrogens is 160 g/mol. The van der Waals surface area contributed by atoms with Crippen LogP contribution in [0.3, 0.4) is 0 Å². The van der Waals surface area contributed by atoms with Gasteiger partial charge in [0.25, 0.3) is 0 Å². The normalized spacial score (nSPS) is 46.8. The van der Waals surface area contributed by atoms with Gasteiger partial charge in [-0.1, -0.05) is 6.08 Å². The fourth-order valence-corrected chi connectivity index (χ4v) is 3.39. The van der Waals surface area contributed by atoms with Crippen LogP contribution in [0.1, 0.15) is 19.3 Å². The topological polar surface area (TPSA) is 35.8 Å². The Morgan fingerprint density at radius 3 is 3.23 bits per heavy atom. The van der Waals surface area contributed by atoms with Crippen LogP contribution in [0.4, 0.5) is 0 Å². The average Bonchev–Trinajstić information content (AvgIpc) is 2.38. The molecule has 1 N–H and O–H groups in total. The second kappa shape index (κ2) is 2.59. The van der Waals surface area contributed by atoms with Crippen molar-refractivity contribution in [3.8, 4) is 6.07 Å². The van der Waals surface area contributed by atoms with Crippen molar-refractivity contribution < 1.29 is 0 Å². The first-order chi connectivity index (χ1) is 6.40. The maximum absolute atomic E-state index is 9.01. The summed E-state index contributed by atoms with van der Waals surface area (Å²) < 4.78 is 0. The van der Waals surface area contributed by atoms with Crippen molar-refractivity contribution in [3.63, 3.8) is 0 Å². The number of nitriles is 1. The second-order valence-electron chi connectivity index (χ2n) is 4.57. The third kappa shape index (κ3) is 0.912. The van der Waals surface area contributed by atoms with E-state index < -0.39 is 0 Å². The Balaban J connectivity index is 1.94. The standard InChI is InChI=1S/C11H14N2/c12-5-8-3-1-2-7-4-9-6-13-11(8)10(7)9/h3,7,9-11,13H,1-2,4,6H2/t7-,9?,10?,11?/m0/s1. The highest BCUT2D eigenvalue weighted by Gasteiger charge is 2.50. The van der Waals surface area contributed by atoms with Gasteiger partial charge >= 0.3 is 0 Å². The molecule has 3 aliphatic rings. The molecule has 0 aromatic rings. The highest BCUT2D eigenvalue weighted by molar-refractivity contribution is 5.32. The van der Waals surface area contributed by atoms with Crippen LogP contribution in [0.2, 0.25) is 0 Å². The number of rotatable bonds is 0. The number of nitrogens with one attached hydrogen (secondary N) is 1. The number of hydrogen-bond acceptors (Lipinski definition) is 2. The molecular formula is C11H14N2. The lowest BCUT2D eigenvalue weighted by Gasteiger charge is -2.41. The van der Waals surface area contributed by atoms with E-state index in [1.165, 1.54) is 12.8 Å². The largest absolute Gasteiger partial charge is 0.309 e. The minimum absolute atomic E-state index is 0.413. The Kier molecular flexibility index (Phi) is 1.51. The third-order valence-electron chi connectivity index (χ3n) is 4.04. The molecule has 0 radical (unpaired) electrons. The van der Waals surface area contributed by atoms with E-state index in [2.05, 4.69) is 17.5 Å². The van der Waals surface area contributed by atoms with Gasteiger partial charge in [0.05, 0.1) is 6.07 Å². The fraction of sp³-hybridized carbons (Fsp3) is 0.727. The van der Waals surface area contributed by atoms with Gasteiger partial charge in [-0.2, -0.15) is 5.26 Å². The summed E-state index contributed by atoms with van der Waals surface area (Å²) in [7, 11) is 0. The molecule has 2 fully saturated rings. The van der Waals surface area contributed by atoms with E-state index in [0.29, 0.717) is 6.04 Å². The molecule has 1 saturated carbocycles. The van der Waals surface area contributed by atoms with Crippen molar-refractivity contribution in [2.75, 3.05) is 6.54 Å². The molecule has 0 amide bonds. The first-order valence-corrected chi connectivity index (χ1v) is 5.23. The molecule has 68 valence electrons. The van der Waals surface area contributed by atoms with Gasteiger partial charge in [-0.3, -0.25) is 0 Å². The lowest BCUT2D eigenvalue weighted by molar-refractivity contribution is 0.102. The van der Waals surface area contributed by atoms with Crippen LogP contribution in [0.25, 0.3) is 0 Å². The van der Waals surface area contributed by atoms with E-state index in [9.17, 15) is 0 Å². The Bertz CT molecular complexity index is 300. The first-order valence-electron chi connectivity index (χ1n) is 5.23. The van der Waals surface area contributed by atoms with E-state index in [0.717, 1.165) is 36.3 Å². The zero-order valence-electron chi connectivity index (χ0n) is 7.66. The van der Waals surface area contributed by atoms with Crippen molar-refractivity contribution in [1.82, 2.24) is 5.32 Å². The first kappa shape index (κ1) is 7.58. The van der Waals surface area contributed by atoms with E-state index in [4.69, 9.17) is 5.26 Å². The summed E-state index contributed by atoms with van der Waals surface area (Å²) in [4.78, 5) is 0. The summed E-state index contributed by atoms with van der Waals surface area (Å²) in [6.45, 7) is 1.14. The van der Waals surface area contributed by atoms with Gasteiger partial charge in [0.15, 0.2) is 0 Å². The van der Waals surface area contributed by atoms with Crippen LogP contribution in [0.15, 0.2) is 11.6 Å². The van der Waals surface area contributed by atoms with E-state index in [1.807, 2.05) is 0 Å². The minimum Gasteiger partial charge on any atom is -0.309 e. The quantitative estimate of drug-likeness (QED) is 0.603. The van der Waals surface area contributed by atoms with Crippen LogP contribution in [-0.2, 0) is 0 Å². The highest BCUT2D eigenvalue weighted by Crippen LogP contribution is 2.50. The van der Waals surface area contributed by atoms with Crippen LogP contribution in [-0.4, -0.2) is 12.6 Å². The lowest BCUT2D eigenvalue weighted by Crippen LogP contribution is -2.40. The maximum Gasteiger partial charge on any atom is 0.0960 e. The lowest BCUT2D eigenvalue weighted by atomic mass is 9.63. The molecule has 3 unspecified atom stereocenters. The van der Waals surface area contributed by atoms with Crippen LogP contribution in [0, 0.1) is 29.1 Å². The van der Waals surface area contributed by atoms with Gasteiger partial charge in [-0.25, -0.2) is 0 Å². The summed E-state index contributed by atoms with van der Waals surface area (Å²) in [5.74, 6) is 2.59. The summed E-state index contributed by atoms with van der Waals surface area (Å²) >= 11 is 0. The molecule has 2 aliphatic carbocycles. The predicted octanol–water partition coefficient (Wildman–Crippen LogP) is 1.45. The molecule has 3 rings (SSSR count).